The molecule has 6 heteroatoms. The highest BCUT2D eigenvalue weighted by atomic mass is 16.1. The summed E-state index contributed by atoms with van der Waals surface area (Å²) in [6, 6.07) is 10.4. The largest absolute Gasteiger partial charge is 0.357 e. The molecular weight excluding hydrogens is 326 g/mol. The van der Waals surface area contributed by atoms with Gasteiger partial charge in [0.1, 0.15) is 6.54 Å². The lowest BCUT2D eigenvalue weighted by Crippen LogP contribution is -2.52. The molecule has 0 unspecified atom stereocenters. The Labute approximate surface area is 157 Å². The summed E-state index contributed by atoms with van der Waals surface area (Å²) in [5.74, 6) is 0.797. The molecule has 0 spiro atoms. The van der Waals surface area contributed by atoms with Crippen molar-refractivity contribution in [2.75, 3.05) is 52.4 Å². The summed E-state index contributed by atoms with van der Waals surface area (Å²) in [4.78, 5) is 20.8. The van der Waals surface area contributed by atoms with E-state index in [2.05, 4.69) is 61.8 Å². The first-order valence-corrected chi connectivity index (χ1v) is 9.46. The SMILES string of the molecule is CCNC(=O)CN=C(NCC)N1CCN(CC=Cc2ccccc2)CC1. The Morgan fingerprint density at radius 3 is 2.42 bits per heavy atom. The number of hydrogen-bond donors (Lipinski definition) is 2. The van der Waals surface area contributed by atoms with Gasteiger partial charge in [0, 0.05) is 45.8 Å². The first-order chi connectivity index (χ1) is 12.7. The molecule has 142 valence electrons. The van der Waals surface area contributed by atoms with Crippen LogP contribution in [-0.4, -0.2) is 74.0 Å². The number of guanidine groups is 1. The number of nitrogens with zero attached hydrogens (tertiary/aromatic N) is 3. The molecule has 0 aromatic heterocycles. The molecule has 26 heavy (non-hydrogen) atoms. The molecule has 1 aromatic carbocycles. The van der Waals surface area contributed by atoms with E-state index >= 15 is 0 Å². The Morgan fingerprint density at radius 1 is 1.08 bits per heavy atom. The standard InChI is InChI=1S/C20H31N5O/c1-3-21-19(26)17-23-20(22-4-2)25-15-13-24(14-16-25)12-8-11-18-9-6-5-7-10-18/h5-11H,3-4,12-17H2,1-2H3,(H,21,26)(H,22,23). The normalized spacial score (nSPS) is 16.1. The number of rotatable bonds is 7. The van der Waals surface area contributed by atoms with Crippen LogP contribution in [0.15, 0.2) is 41.4 Å². The lowest BCUT2D eigenvalue weighted by Gasteiger charge is -2.36. The highest BCUT2D eigenvalue weighted by molar-refractivity contribution is 5.85. The summed E-state index contributed by atoms with van der Waals surface area (Å²) >= 11 is 0. The third kappa shape index (κ3) is 6.88. The minimum Gasteiger partial charge on any atom is -0.357 e. The predicted octanol–water partition coefficient (Wildman–Crippen LogP) is 1.42. The van der Waals surface area contributed by atoms with E-state index in [0.29, 0.717) is 6.54 Å². The molecule has 2 rings (SSSR count). The molecule has 1 fully saturated rings. The molecule has 0 bridgehead atoms. The second kappa shape index (κ2) is 11.3. The van der Waals surface area contributed by atoms with Crippen molar-refractivity contribution in [1.82, 2.24) is 20.4 Å². The molecule has 1 aliphatic rings. The fourth-order valence-electron chi connectivity index (χ4n) is 2.87. The maximum atomic E-state index is 11.6. The predicted molar refractivity (Wildman–Crippen MR) is 108 cm³/mol. The van der Waals surface area contributed by atoms with Crippen LogP contribution in [0.1, 0.15) is 19.4 Å². The second-order valence-electron chi connectivity index (χ2n) is 6.22. The first kappa shape index (κ1) is 20.0. The Hall–Kier alpha value is -2.34. The maximum Gasteiger partial charge on any atom is 0.241 e. The number of piperazine rings is 1. The topological polar surface area (TPSA) is 60.0 Å². The molecule has 0 radical (unpaired) electrons. The lowest BCUT2D eigenvalue weighted by molar-refractivity contribution is -0.119. The highest BCUT2D eigenvalue weighted by Gasteiger charge is 2.18. The van der Waals surface area contributed by atoms with Crippen LogP contribution in [0, 0.1) is 0 Å². The van der Waals surface area contributed by atoms with Gasteiger partial charge in [-0.25, -0.2) is 4.99 Å². The van der Waals surface area contributed by atoms with E-state index < -0.39 is 0 Å². The van der Waals surface area contributed by atoms with Gasteiger partial charge >= 0.3 is 0 Å². The van der Waals surface area contributed by atoms with Gasteiger partial charge in [0.2, 0.25) is 5.91 Å². The molecule has 2 N–H and O–H groups in total. The smallest absolute Gasteiger partial charge is 0.241 e. The van der Waals surface area contributed by atoms with Crippen LogP contribution in [-0.2, 0) is 4.79 Å². The average Bonchev–Trinajstić information content (AvgIpc) is 2.67. The van der Waals surface area contributed by atoms with Crippen LogP contribution in [0.4, 0.5) is 0 Å². The molecule has 1 saturated heterocycles. The summed E-state index contributed by atoms with van der Waals surface area (Å²) in [6.45, 7) is 10.3. The molecule has 6 nitrogen and oxygen atoms in total. The van der Waals surface area contributed by atoms with Crippen LogP contribution in [0.5, 0.6) is 0 Å². The number of carbonyl (C=O) groups excluding carboxylic acids is 1. The zero-order valence-electron chi connectivity index (χ0n) is 15.9. The van der Waals surface area contributed by atoms with E-state index in [-0.39, 0.29) is 12.5 Å². The highest BCUT2D eigenvalue weighted by Crippen LogP contribution is 2.05. The van der Waals surface area contributed by atoms with Crippen LogP contribution in [0.25, 0.3) is 6.08 Å². The van der Waals surface area contributed by atoms with E-state index in [9.17, 15) is 4.79 Å². The van der Waals surface area contributed by atoms with Crippen molar-refractivity contribution in [3.63, 3.8) is 0 Å². The van der Waals surface area contributed by atoms with E-state index in [1.807, 2.05) is 19.9 Å². The van der Waals surface area contributed by atoms with E-state index in [0.717, 1.165) is 45.2 Å². The summed E-state index contributed by atoms with van der Waals surface area (Å²) in [6.07, 6.45) is 4.39. The van der Waals surface area contributed by atoms with Crippen LogP contribution < -0.4 is 10.6 Å². The minimum atomic E-state index is -0.0346. The molecular formula is C20H31N5O. The molecule has 1 heterocycles. The number of benzene rings is 1. The van der Waals surface area contributed by atoms with E-state index in [1.165, 1.54) is 5.56 Å². The van der Waals surface area contributed by atoms with Crippen molar-refractivity contribution in [3.8, 4) is 0 Å². The van der Waals surface area contributed by atoms with Gasteiger partial charge < -0.3 is 15.5 Å². The van der Waals surface area contributed by atoms with Crippen LogP contribution >= 0.6 is 0 Å². The van der Waals surface area contributed by atoms with Crippen molar-refractivity contribution in [3.05, 3.63) is 42.0 Å². The van der Waals surface area contributed by atoms with E-state index in [4.69, 9.17) is 0 Å². The number of nitrogens with one attached hydrogen (secondary N) is 2. The fourth-order valence-corrected chi connectivity index (χ4v) is 2.87. The Bertz CT molecular complexity index is 591. The van der Waals surface area contributed by atoms with Crippen molar-refractivity contribution in [1.29, 1.82) is 0 Å². The van der Waals surface area contributed by atoms with Crippen molar-refractivity contribution in [2.24, 2.45) is 4.99 Å². The Kier molecular flexibility index (Phi) is 8.69. The second-order valence-corrected chi connectivity index (χ2v) is 6.22. The number of hydrogen-bond acceptors (Lipinski definition) is 3. The summed E-state index contributed by atoms with van der Waals surface area (Å²) in [5, 5.41) is 6.07. The number of amides is 1. The summed E-state index contributed by atoms with van der Waals surface area (Å²) < 4.78 is 0. The molecule has 1 aromatic rings. The van der Waals surface area contributed by atoms with Gasteiger partial charge in [-0.2, -0.15) is 0 Å². The van der Waals surface area contributed by atoms with Gasteiger partial charge in [0.05, 0.1) is 0 Å². The molecule has 1 amide bonds. The van der Waals surface area contributed by atoms with Crippen LogP contribution in [0.2, 0.25) is 0 Å². The van der Waals surface area contributed by atoms with Crippen LogP contribution in [0.3, 0.4) is 0 Å². The van der Waals surface area contributed by atoms with E-state index in [1.54, 1.807) is 0 Å². The van der Waals surface area contributed by atoms with Gasteiger partial charge in [-0.3, -0.25) is 9.69 Å². The third-order valence-electron chi connectivity index (χ3n) is 4.23. The number of carbonyl (C=O) groups is 1. The Balaban J connectivity index is 1.80. The minimum absolute atomic E-state index is 0.0346. The van der Waals surface area contributed by atoms with Gasteiger partial charge in [0.25, 0.3) is 0 Å². The lowest BCUT2D eigenvalue weighted by atomic mass is 10.2. The molecule has 0 atom stereocenters. The Morgan fingerprint density at radius 2 is 1.77 bits per heavy atom. The van der Waals surface area contributed by atoms with Gasteiger partial charge in [-0.15, -0.1) is 0 Å². The third-order valence-corrected chi connectivity index (χ3v) is 4.23. The fraction of sp³-hybridized carbons (Fsp3) is 0.500. The molecule has 0 saturated carbocycles. The van der Waals surface area contributed by atoms with Crippen molar-refractivity contribution >= 4 is 17.9 Å². The summed E-state index contributed by atoms with van der Waals surface area (Å²) in [7, 11) is 0. The van der Waals surface area contributed by atoms with Gasteiger partial charge in [-0.1, -0.05) is 42.5 Å². The zero-order chi connectivity index (χ0) is 18.6. The van der Waals surface area contributed by atoms with Gasteiger partial charge in [0.15, 0.2) is 5.96 Å². The first-order valence-electron chi connectivity index (χ1n) is 9.46. The average molecular weight is 358 g/mol. The van der Waals surface area contributed by atoms with Crippen molar-refractivity contribution in [2.45, 2.75) is 13.8 Å². The molecule has 1 aliphatic heterocycles. The molecule has 0 aliphatic carbocycles. The van der Waals surface area contributed by atoms with Gasteiger partial charge in [-0.05, 0) is 19.4 Å². The zero-order valence-corrected chi connectivity index (χ0v) is 15.9. The monoisotopic (exact) mass is 357 g/mol. The maximum absolute atomic E-state index is 11.6. The van der Waals surface area contributed by atoms with Crippen molar-refractivity contribution < 1.29 is 4.79 Å². The quantitative estimate of drug-likeness (QED) is 0.572. The summed E-state index contributed by atoms with van der Waals surface area (Å²) in [5.41, 5.74) is 1.23. The number of aliphatic imine (C=N–C) groups is 1. The number of likely N-dealkylation sites (N-methyl/N-ethyl adjacent to an activating group) is 1.